The van der Waals surface area contributed by atoms with Gasteiger partial charge in [0.15, 0.2) is 12.1 Å². The van der Waals surface area contributed by atoms with Crippen molar-refractivity contribution in [2.45, 2.75) is 13.5 Å². The van der Waals surface area contributed by atoms with E-state index in [9.17, 15) is 4.79 Å². The minimum atomic E-state index is 0.498. The first-order valence-corrected chi connectivity index (χ1v) is 4.42. The molecule has 0 saturated carbocycles. The molecular weight excluding hydrogens is 178 g/mol. The molecule has 14 heavy (non-hydrogen) atoms. The molecular formula is C10H13N3O. The van der Waals surface area contributed by atoms with Crippen LogP contribution in [0.2, 0.25) is 0 Å². The molecule has 0 unspecified atom stereocenters. The number of nitrogens with zero attached hydrogens (tertiary/aromatic N) is 2. The van der Waals surface area contributed by atoms with Crippen LogP contribution in [-0.4, -0.2) is 20.8 Å². The molecule has 0 aliphatic rings. The standard InChI is InChI=1S/C6H8N2O.C4H5N/c1-2-8-4-3-7-6(8)5-9;1-2-4-5-3-1/h3-5H,2H2,1H3;1-5H. The minimum absolute atomic E-state index is 0.498. The second-order valence-electron chi connectivity index (χ2n) is 2.57. The van der Waals surface area contributed by atoms with Gasteiger partial charge in [-0.25, -0.2) is 4.98 Å². The first-order chi connectivity index (χ1) is 6.88. The summed E-state index contributed by atoms with van der Waals surface area (Å²) in [5.41, 5.74) is 0. The van der Waals surface area contributed by atoms with Gasteiger partial charge in [-0.3, -0.25) is 4.79 Å². The molecule has 0 aromatic carbocycles. The summed E-state index contributed by atoms with van der Waals surface area (Å²) in [6, 6.07) is 3.89. The Labute approximate surface area is 82.6 Å². The van der Waals surface area contributed by atoms with Crippen LogP contribution in [0.5, 0.6) is 0 Å². The molecule has 1 N–H and O–H groups in total. The van der Waals surface area contributed by atoms with Gasteiger partial charge in [0.05, 0.1) is 0 Å². The molecule has 0 aliphatic carbocycles. The Hall–Kier alpha value is -1.84. The number of nitrogens with one attached hydrogen (secondary N) is 1. The number of hydrogen-bond donors (Lipinski definition) is 1. The van der Waals surface area contributed by atoms with E-state index in [2.05, 4.69) is 9.97 Å². The van der Waals surface area contributed by atoms with E-state index in [0.29, 0.717) is 5.82 Å². The number of aromatic amines is 1. The normalized spacial score (nSPS) is 8.93. The van der Waals surface area contributed by atoms with Crippen molar-refractivity contribution in [3.63, 3.8) is 0 Å². The average Bonchev–Trinajstić information content (AvgIpc) is 2.91. The Morgan fingerprint density at radius 1 is 1.50 bits per heavy atom. The van der Waals surface area contributed by atoms with E-state index >= 15 is 0 Å². The van der Waals surface area contributed by atoms with Crippen LogP contribution in [0.15, 0.2) is 36.9 Å². The molecule has 74 valence electrons. The molecule has 0 spiro atoms. The zero-order valence-electron chi connectivity index (χ0n) is 8.05. The number of aryl methyl sites for hydroxylation is 1. The summed E-state index contributed by atoms with van der Waals surface area (Å²) < 4.78 is 1.78. The van der Waals surface area contributed by atoms with Crippen LogP contribution in [0.1, 0.15) is 17.5 Å². The minimum Gasteiger partial charge on any atom is -0.368 e. The molecule has 0 aliphatic heterocycles. The van der Waals surface area contributed by atoms with Gasteiger partial charge in [0.25, 0.3) is 0 Å². The number of aldehydes is 1. The lowest BCUT2D eigenvalue weighted by atomic mass is 10.6. The van der Waals surface area contributed by atoms with Gasteiger partial charge in [-0.15, -0.1) is 0 Å². The maximum atomic E-state index is 10.2. The maximum Gasteiger partial charge on any atom is 0.185 e. The van der Waals surface area contributed by atoms with Crippen molar-refractivity contribution in [2.75, 3.05) is 0 Å². The van der Waals surface area contributed by atoms with Crippen LogP contribution in [-0.2, 0) is 6.54 Å². The van der Waals surface area contributed by atoms with E-state index in [4.69, 9.17) is 0 Å². The Balaban J connectivity index is 0.000000165. The molecule has 0 atom stereocenters. The van der Waals surface area contributed by atoms with Gasteiger partial charge >= 0.3 is 0 Å². The highest BCUT2D eigenvalue weighted by Crippen LogP contribution is 1.91. The lowest BCUT2D eigenvalue weighted by Crippen LogP contribution is -1.98. The Morgan fingerprint density at radius 2 is 2.21 bits per heavy atom. The van der Waals surface area contributed by atoms with Gasteiger partial charge < -0.3 is 9.55 Å². The van der Waals surface area contributed by atoms with E-state index < -0.39 is 0 Å². The van der Waals surface area contributed by atoms with Crippen LogP contribution in [0, 0.1) is 0 Å². The van der Waals surface area contributed by atoms with E-state index in [1.807, 2.05) is 31.5 Å². The smallest absolute Gasteiger partial charge is 0.185 e. The highest BCUT2D eigenvalue weighted by atomic mass is 16.1. The van der Waals surface area contributed by atoms with Crippen molar-refractivity contribution in [1.29, 1.82) is 0 Å². The molecule has 2 rings (SSSR count). The van der Waals surface area contributed by atoms with Crippen molar-refractivity contribution in [3.05, 3.63) is 42.7 Å². The number of aromatic nitrogens is 3. The number of carbonyl (C=O) groups is 1. The third-order valence-corrected chi connectivity index (χ3v) is 1.69. The van der Waals surface area contributed by atoms with Crippen LogP contribution >= 0.6 is 0 Å². The molecule has 4 nitrogen and oxygen atoms in total. The number of carbonyl (C=O) groups excluding carboxylic acids is 1. The third kappa shape index (κ3) is 2.90. The van der Waals surface area contributed by atoms with Gasteiger partial charge in [0.2, 0.25) is 0 Å². The largest absolute Gasteiger partial charge is 0.368 e. The fourth-order valence-corrected chi connectivity index (χ4v) is 0.984. The molecule has 4 heteroatoms. The molecule has 0 amide bonds. The van der Waals surface area contributed by atoms with E-state index in [1.165, 1.54) is 0 Å². The number of imidazole rings is 1. The third-order valence-electron chi connectivity index (χ3n) is 1.69. The molecule has 2 aromatic heterocycles. The second kappa shape index (κ2) is 5.75. The molecule has 2 heterocycles. The van der Waals surface area contributed by atoms with Crippen LogP contribution < -0.4 is 0 Å². The first kappa shape index (κ1) is 10.2. The van der Waals surface area contributed by atoms with Crippen molar-refractivity contribution in [2.24, 2.45) is 0 Å². The first-order valence-electron chi connectivity index (χ1n) is 4.42. The zero-order chi connectivity index (χ0) is 10.2. The Bertz CT molecular complexity index is 334. The summed E-state index contributed by atoms with van der Waals surface area (Å²) in [6.07, 6.45) is 7.90. The SMILES string of the molecule is CCn1ccnc1C=O.c1cc[nH]c1. The maximum absolute atomic E-state index is 10.2. The van der Waals surface area contributed by atoms with E-state index in [0.717, 1.165) is 12.8 Å². The monoisotopic (exact) mass is 191 g/mol. The van der Waals surface area contributed by atoms with Gasteiger partial charge in [-0.2, -0.15) is 0 Å². The average molecular weight is 191 g/mol. The predicted molar refractivity (Wildman–Crippen MR) is 54.1 cm³/mol. The van der Waals surface area contributed by atoms with Crippen molar-refractivity contribution in [3.8, 4) is 0 Å². The zero-order valence-corrected chi connectivity index (χ0v) is 8.05. The number of H-pyrrole nitrogens is 1. The van der Waals surface area contributed by atoms with Gasteiger partial charge in [-0.1, -0.05) is 0 Å². The quantitative estimate of drug-likeness (QED) is 0.735. The molecule has 0 radical (unpaired) electrons. The lowest BCUT2D eigenvalue weighted by Gasteiger charge is -1.94. The highest BCUT2D eigenvalue weighted by Gasteiger charge is 1.94. The summed E-state index contributed by atoms with van der Waals surface area (Å²) in [7, 11) is 0. The van der Waals surface area contributed by atoms with Crippen LogP contribution in [0.25, 0.3) is 0 Å². The fraction of sp³-hybridized carbons (Fsp3) is 0.200. The van der Waals surface area contributed by atoms with Crippen molar-refractivity contribution >= 4 is 6.29 Å². The van der Waals surface area contributed by atoms with Gasteiger partial charge in [0, 0.05) is 31.3 Å². The highest BCUT2D eigenvalue weighted by molar-refractivity contribution is 5.69. The summed E-state index contributed by atoms with van der Waals surface area (Å²) in [5, 5.41) is 0. The number of rotatable bonds is 2. The van der Waals surface area contributed by atoms with Crippen LogP contribution in [0.3, 0.4) is 0 Å². The molecule has 0 bridgehead atoms. The summed E-state index contributed by atoms with van der Waals surface area (Å²) in [5.74, 6) is 0.498. The summed E-state index contributed by atoms with van der Waals surface area (Å²) >= 11 is 0. The van der Waals surface area contributed by atoms with Crippen molar-refractivity contribution < 1.29 is 4.79 Å². The topological polar surface area (TPSA) is 50.7 Å². The molecule has 0 saturated heterocycles. The number of hydrogen-bond acceptors (Lipinski definition) is 2. The Kier molecular flexibility index (Phi) is 4.20. The van der Waals surface area contributed by atoms with Crippen molar-refractivity contribution in [1.82, 2.24) is 14.5 Å². The molecule has 0 fully saturated rings. The van der Waals surface area contributed by atoms with Crippen LogP contribution in [0.4, 0.5) is 0 Å². The summed E-state index contributed by atoms with van der Waals surface area (Å²) in [6.45, 7) is 2.77. The fourth-order valence-electron chi connectivity index (χ4n) is 0.984. The van der Waals surface area contributed by atoms with Gasteiger partial charge in [0.1, 0.15) is 0 Å². The Morgan fingerprint density at radius 3 is 2.57 bits per heavy atom. The second-order valence-corrected chi connectivity index (χ2v) is 2.57. The molecule has 2 aromatic rings. The lowest BCUT2D eigenvalue weighted by molar-refractivity contribution is 0.111. The van der Waals surface area contributed by atoms with E-state index in [1.54, 1.807) is 17.0 Å². The van der Waals surface area contributed by atoms with E-state index in [-0.39, 0.29) is 0 Å². The summed E-state index contributed by atoms with van der Waals surface area (Å²) in [4.78, 5) is 16.8. The van der Waals surface area contributed by atoms with Gasteiger partial charge in [-0.05, 0) is 19.1 Å². The predicted octanol–water partition coefficient (Wildman–Crippen LogP) is 1.73.